The lowest BCUT2D eigenvalue weighted by Crippen LogP contribution is -2.28. The maximum atomic E-state index is 11.9. The van der Waals surface area contributed by atoms with E-state index in [0.29, 0.717) is 17.9 Å². The molecule has 2 aromatic carbocycles. The van der Waals surface area contributed by atoms with Gasteiger partial charge in [-0.15, -0.1) is 0 Å². The second kappa shape index (κ2) is 8.15. The maximum absolute atomic E-state index is 11.9. The van der Waals surface area contributed by atoms with Crippen molar-refractivity contribution in [1.29, 1.82) is 0 Å². The molecule has 0 saturated heterocycles. The van der Waals surface area contributed by atoms with Crippen molar-refractivity contribution in [1.82, 2.24) is 5.32 Å². The molecule has 0 heterocycles. The lowest BCUT2D eigenvalue weighted by Gasteiger charge is -2.13. The molecule has 0 fully saturated rings. The fraction of sp³-hybridized carbons (Fsp3) is 0.263. The molecule has 2 aromatic rings. The highest BCUT2D eigenvalue weighted by atomic mass is 16.5. The molecule has 5 nitrogen and oxygen atoms in total. The molecule has 5 heteroatoms. The third-order valence-corrected chi connectivity index (χ3v) is 3.55. The fourth-order valence-electron chi connectivity index (χ4n) is 2.12. The van der Waals surface area contributed by atoms with Crippen molar-refractivity contribution in [3.8, 4) is 5.75 Å². The van der Waals surface area contributed by atoms with Crippen molar-refractivity contribution in [3.63, 3.8) is 0 Å². The van der Waals surface area contributed by atoms with Crippen LogP contribution in [0, 0.1) is 0 Å². The van der Waals surface area contributed by atoms with Crippen molar-refractivity contribution in [2.24, 2.45) is 0 Å². The zero-order chi connectivity index (χ0) is 17.5. The average molecular weight is 326 g/mol. The first-order chi connectivity index (χ1) is 11.5. The molecule has 0 spiro atoms. The molecule has 0 aliphatic rings. The standard InChI is InChI=1S/C19H22N2O3/c1-14(22)16-5-4-6-18(11-16)24-13-19(23)20-12-15-7-9-17(10-8-15)21(2)3/h4-11H,12-13H2,1-3H3,(H,20,23). The van der Waals surface area contributed by atoms with E-state index in [1.807, 2.05) is 43.3 Å². The van der Waals surface area contributed by atoms with E-state index >= 15 is 0 Å². The van der Waals surface area contributed by atoms with Crippen LogP contribution in [0.3, 0.4) is 0 Å². The van der Waals surface area contributed by atoms with Crippen molar-refractivity contribution in [2.75, 3.05) is 25.6 Å². The summed E-state index contributed by atoms with van der Waals surface area (Å²) in [5, 5.41) is 2.81. The lowest BCUT2D eigenvalue weighted by molar-refractivity contribution is -0.123. The van der Waals surface area contributed by atoms with Gasteiger partial charge in [-0.1, -0.05) is 24.3 Å². The average Bonchev–Trinajstić information content (AvgIpc) is 2.58. The van der Waals surface area contributed by atoms with E-state index in [9.17, 15) is 9.59 Å². The highest BCUT2D eigenvalue weighted by molar-refractivity contribution is 5.94. The second-order valence-corrected chi connectivity index (χ2v) is 5.71. The van der Waals surface area contributed by atoms with Gasteiger partial charge in [-0.2, -0.15) is 0 Å². The Bertz CT molecular complexity index is 709. The number of anilines is 1. The highest BCUT2D eigenvalue weighted by Gasteiger charge is 2.05. The van der Waals surface area contributed by atoms with Crippen LogP contribution in [-0.2, 0) is 11.3 Å². The van der Waals surface area contributed by atoms with E-state index in [1.54, 1.807) is 24.3 Å². The molecular formula is C19H22N2O3. The smallest absolute Gasteiger partial charge is 0.258 e. The zero-order valence-electron chi connectivity index (χ0n) is 14.2. The summed E-state index contributed by atoms with van der Waals surface area (Å²) in [6.07, 6.45) is 0. The summed E-state index contributed by atoms with van der Waals surface area (Å²) in [6.45, 7) is 1.86. The van der Waals surface area contributed by atoms with Crippen LogP contribution in [0.2, 0.25) is 0 Å². The summed E-state index contributed by atoms with van der Waals surface area (Å²) in [4.78, 5) is 25.2. The minimum atomic E-state index is -0.208. The molecular weight excluding hydrogens is 304 g/mol. The van der Waals surface area contributed by atoms with Crippen LogP contribution in [0.15, 0.2) is 48.5 Å². The number of ether oxygens (including phenoxy) is 1. The van der Waals surface area contributed by atoms with Crippen LogP contribution in [0.5, 0.6) is 5.75 Å². The summed E-state index contributed by atoms with van der Waals surface area (Å²) in [5.41, 5.74) is 2.69. The first-order valence-corrected chi connectivity index (χ1v) is 7.72. The molecule has 0 bridgehead atoms. The first-order valence-electron chi connectivity index (χ1n) is 7.72. The fourth-order valence-corrected chi connectivity index (χ4v) is 2.12. The van der Waals surface area contributed by atoms with Gasteiger partial charge in [0.25, 0.3) is 5.91 Å². The van der Waals surface area contributed by atoms with Crippen LogP contribution < -0.4 is 15.0 Å². The number of Topliss-reactive ketones (excluding diaryl/α,β-unsaturated/α-hetero) is 1. The Labute approximate surface area is 142 Å². The molecule has 126 valence electrons. The summed E-state index contributed by atoms with van der Waals surface area (Å²) in [6, 6.07) is 14.8. The number of ketones is 1. The normalized spacial score (nSPS) is 10.1. The Balaban J connectivity index is 1.81. The Hall–Kier alpha value is -2.82. The second-order valence-electron chi connectivity index (χ2n) is 5.71. The van der Waals surface area contributed by atoms with Crippen LogP contribution >= 0.6 is 0 Å². The van der Waals surface area contributed by atoms with Gasteiger partial charge in [-0.25, -0.2) is 0 Å². The van der Waals surface area contributed by atoms with Gasteiger partial charge in [0, 0.05) is 31.9 Å². The molecule has 1 N–H and O–H groups in total. The number of benzene rings is 2. The van der Waals surface area contributed by atoms with Gasteiger partial charge in [0.15, 0.2) is 12.4 Å². The SMILES string of the molecule is CC(=O)c1cccc(OCC(=O)NCc2ccc(N(C)C)cc2)c1. The van der Waals surface area contributed by atoms with Crippen LogP contribution in [0.4, 0.5) is 5.69 Å². The first kappa shape index (κ1) is 17.5. The van der Waals surface area contributed by atoms with E-state index in [-0.39, 0.29) is 18.3 Å². The van der Waals surface area contributed by atoms with Crippen LogP contribution in [0.25, 0.3) is 0 Å². The monoisotopic (exact) mass is 326 g/mol. The largest absolute Gasteiger partial charge is 0.484 e. The van der Waals surface area contributed by atoms with Crippen molar-refractivity contribution in [3.05, 3.63) is 59.7 Å². The topological polar surface area (TPSA) is 58.6 Å². The lowest BCUT2D eigenvalue weighted by atomic mass is 10.1. The number of carbonyl (C=O) groups is 2. The Kier molecular flexibility index (Phi) is 5.95. The number of hydrogen-bond acceptors (Lipinski definition) is 4. The van der Waals surface area contributed by atoms with Gasteiger partial charge >= 0.3 is 0 Å². The predicted molar refractivity (Wildman–Crippen MR) is 94.6 cm³/mol. The van der Waals surface area contributed by atoms with Gasteiger partial charge in [0.2, 0.25) is 0 Å². The number of amides is 1. The molecule has 0 atom stereocenters. The number of hydrogen-bond donors (Lipinski definition) is 1. The molecule has 0 radical (unpaired) electrons. The number of nitrogens with one attached hydrogen (secondary N) is 1. The Morgan fingerprint density at radius 2 is 1.79 bits per heavy atom. The molecule has 0 saturated carbocycles. The number of carbonyl (C=O) groups excluding carboxylic acids is 2. The van der Waals surface area contributed by atoms with Gasteiger partial charge in [-0.05, 0) is 36.8 Å². The van der Waals surface area contributed by atoms with E-state index < -0.39 is 0 Å². The van der Waals surface area contributed by atoms with Gasteiger partial charge in [0.05, 0.1) is 0 Å². The molecule has 0 unspecified atom stereocenters. The molecule has 2 rings (SSSR count). The summed E-state index contributed by atoms with van der Waals surface area (Å²) in [7, 11) is 3.96. The third kappa shape index (κ3) is 5.12. The molecule has 1 amide bonds. The quantitative estimate of drug-likeness (QED) is 0.795. The number of nitrogens with zero attached hydrogens (tertiary/aromatic N) is 1. The van der Waals surface area contributed by atoms with Gasteiger partial charge < -0.3 is 15.0 Å². The highest BCUT2D eigenvalue weighted by Crippen LogP contribution is 2.14. The van der Waals surface area contributed by atoms with Gasteiger partial charge in [0.1, 0.15) is 5.75 Å². The third-order valence-electron chi connectivity index (χ3n) is 3.55. The Morgan fingerprint density at radius 3 is 2.42 bits per heavy atom. The Morgan fingerprint density at radius 1 is 1.08 bits per heavy atom. The summed E-state index contributed by atoms with van der Waals surface area (Å²) in [5.74, 6) is 0.263. The van der Waals surface area contributed by atoms with Crippen molar-refractivity contribution in [2.45, 2.75) is 13.5 Å². The predicted octanol–water partition coefficient (Wildman–Crippen LogP) is 2.65. The minimum absolute atomic E-state index is 0.0360. The molecule has 24 heavy (non-hydrogen) atoms. The van der Waals surface area contributed by atoms with E-state index in [2.05, 4.69) is 5.32 Å². The zero-order valence-corrected chi connectivity index (χ0v) is 14.2. The minimum Gasteiger partial charge on any atom is -0.484 e. The van der Waals surface area contributed by atoms with Crippen LogP contribution in [0.1, 0.15) is 22.8 Å². The molecule has 0 aliphatic carbocycles. The van der Waals surface area contributed by atoms with Crippen molar-refractivity contribution < 1.29 is 14.3 Å². The van der Waals surface area contributed by atoms with E-state index in [4.69, 9.17) is 4.74 Å². The number of rotatable bonds is 7. The molecule has 0 aliphatic heterocycles. The van der Waals surface area contributed by atoms with E-state index in [1.165, 1.54) is 6.92 Å². The van der Waals surface area contributed by atoms with Crippen molar-refractivity contribution >= 4 is 17.4 Å². The van der Waals surface area contributed by atoms with E-state index in [0.717, 1.165) is 11.3 Å². The van der Waals surface area contributed by atoms with Gasteiger partial charge in [-0.3, -0.25) is 9.59 Å². The van der Waals surface area contributed by atoms with Crippen LogP contribution in [-0.4, -0.2) is 32.4 Å². The maximum Gasteiger partial charge on any atom is 0.258 e. The summed E-state index contributed by atoms with van der Waals surface area (Å²) < 4.78 is 5.43. The summed E-state index contributed by atoms with van der Waals surface area (Å²) >= 11 is 0. The molecule has 0 aromatic heterocycles.